The highest BCUT2D eigenvalue weighted by molar-refractivity contribution is 7.89. The third-order valence-electron chi connectivity index (χ3n) is 4.71. The molecular weight excluding hydrogens is 388 g/mol. The zero-order chi connectivity index (χ0) is 20.3. The second-order valence-electron chi connectivity index (χ2n) is 6.44. The fourth-order valence-corrected chi connectivity index (χ4v) is 4.42. The van der Waals surface area contributed by atoms with Crippen LogP contribution in [-0.2, 0) is 10.0 Å². The van der Waals surface area contributed by atoms with E-state index >= 15 is 0 Å². The van der Waals surface area contributed by atoms with Crippen molar-refractivity contribution in [3.05, 3.63) is 59.7 Å². The van der Waals surface area contributed by atoms with Gasteiger partial charge in [0.25, 0.3) is 5.91 Å². The summed E-state index contributed by atoms with van der Waals surface area (Å²) >= 11 is 0. The monoisotopic (exact) mass is 409 g/mol. The van der Waals surface area contributed by atoms with Gasteiger partial charge in [0.15, 0.2) is 0 Å². The van der Waals surface area contributed by atoms with Crippen LogP contribution in [0.5, 0.6) is 0 Å². The molecule has 150 valence electrons. The van der Waals surface area contributed by atoms with Gasteiger partial charge in [-0.25, -0.2) is 17.2 Å². The van der Waals surface area contributed by atoms with Crippen molar-refractivity contribution < 1.29 is 22.0 Å². The van der Waals surface area contributed by atoms with E-state index in [2.05, 4.69) is 10.2 Å². The maximum atomic E-state index is 14.4. The van der Waals surface area contributed by atoms with E-state index < -0.39 is 27.6 Å². The van der Waals surface area contributed by atoms with Crippen molar-refractivity contribution in [1.82, 2.24) is 9.21 Å². The highest BCUT2D eigenvalue weighted by atomic mass is 32.2. The van der Waals surface area contributed by atoms with Gasteiger partial charge in [0, 0.05) is 31.7 Å². The van der Waals surface area contributed by atoms with Crippen LogP contribution in [0, 0.1) is 11.6 Å². The van der Waals surface area contributed by atoms with Crippen LogP contribution < -0.4 is 5.32 Å². The number of nitrogens with zero attached hydrogens (tertiary/aromatic N) is 2. The molecule has 0 saturated carbocycles. The largest absolute Gasteiger partial charge is 0.319 e. The third-order valence-corrected chi connectivity index (χ3v) is 6.61. The molecule has 1 saturated heterocycles. The molecule has 0 aromatic heterocycles. The molecule has 1 aliphatic heterocycles. The van der Waals surface area contributed by atoms with Gasteiger partial charge >= 0.3 is 0 Å². The van der Waals surface area contributed by atoms with E-state index in [1.165, 1.54) is 28.6 Å². The zero-order valence-electron chi connectivity index (χ0n) is 15.4. The van der Waals surface area contributed by atoms with Crippen molar-refractivity contribution in [2.75, 3.05) is 38.0 Å². The maximum absolute atomic E-state index is 14.4. The number of benzene rings is 2. The third kappa shape index (κ3) is 4.37. The van der Waals surface area contributed by atoms with Crippen LogP contribution in [0.4, 0.5) is 14.5 Å². The summed E-state index contributed by atoms with van der Waals surface area (Å²) in [5.74, 6) is -1.97. The van der Waals surface area contributed by atoms with Crippen molar-refractivity contribution in [3.8, 4) is 0 Å². The van der Waals surface area contributed by atoms with Crippen molar-refractivity contribution in [3.63, 3.8) is 0 Å². The van der Waals surface area contributed by atoms with Gasteiger partial charge in [0.2, 0.25) is 10.0 Å². The van der Waals surface area contributed by atoms with E-state index in [-0.39, 0.29) is 16.1 Å². The lowest BCUT2D eigenvalue weighted by Crippen LogP contribution is -2.48. The quantitative estimate of drug-likeness (QED) is 0.824. The number of halogens is 2. The summed E-state index contributed by atoms with van der Waals surface area (Å²) in [6, 6.07) is 8.19. The number of likely N-dealkylation sites (N-methyl/N-ethyl adjacent to an activating group) is 1. The predicted octanol–water partition coefficient (Wildman–Crippen LogP) is 2.54. The maximum Gasteiger partial charge on any atom is 0.255 e. The van der Waals surface area contributed by atoms with Gasteiger partial charge in [-0.3, -0.25) is 4.79 Å². The Morgan fingerprint density at radius 2 is 1.68 bits per heavy atom. The van der Waals surface area contributed by atoms with E-state index in [4.69, 9.17) is 0 Å². The van der Waals surface area contributed by atoms with Crippen molar-refractivity contribution in [1.29, 1.82) is 0 Å². The van der Waals surface area contributed by atoms with Crippen LogP contribution in [0.25, 0.3) is 0 Å². The summed E-state index contributed by atoms with van der Waals surface area (Å²) in [6.07, 6.45) is 0. The van der Waals surface area contributed by atoms with Gasteiger partial charge in [-0.2, -0.15) is 4.31 Å². The number of amides is 1. The van der Waals surface area contributed by atoms with Gasteiger partial charge < -0.3 is 10.2 Å². The summed E-state index contributed by atoms with van der Waals surface area (Å²) in [7, 11) is -3.81. The zero-order valence-corrected chi connectivity index (χ0v) is 16.2. The number of carbonyl (C=O) groups is 1. The Hall–Kier alpha value is -2.36. The summed E-state index contributed by atoms with van der Waals surface area (Å²) < 4.78 is 54.2. The second kappa shape index (κ2) is 8.34. The molecule has 9 heteroatoms. The standard InChI is InChI=1S/C19H21F2N3O3S/c1-2-23-9-11-24(12-10-23)28(26,27)16-7-8-18(17(21)13-16)22-19(25)14-3-5-15(20)6-4-14/h3-8,13H,2,9-12H2,1H3,(H,22,25). The number of hydrogen-bond acceptors (Lipinski definition) is 4. The predicted molar refractivity (Wildman–Crippen MR) is 102 cm³/mol. The molecule has 28 heavy (non-hydrogen) atoms. The minimum absolute atomic E-state index is 0.149. The second-order valence-corrected chi connectivity index (χ2v) is 8.38. The molecule has 1 heterocycles. The molecule has 0 spiro atoms. The topological polar surface area (TPSA) is 69.7 Å². The summed E-state index contributed by atoms with van der Waals surface area (Å²) in [4.78, 5) is 14.1. The molecule has 0 radical (unpaired) electrons. The SMILES string of the molecule is CCN1CCN(S(=O)(=O)c2ccc(NC(=O)c3ccc(F)cc3)c(F)c2)CC1. The molecule has 0 unspecified atom stereocenters. The Morgan fingerprint density at radius 1 is 1.04 bits per heavy atom. The molecule has 1 fully saturated rings. The van der Waals surface area contributed by atoms with Crippen LogP contribution in [0.3, 0.4) is 0 Å². The van der Waals surface area contributed by atoms with Crippen LogP contribution in [0.1, 0.15) is 17.3 Å². The normalized spacial score (nSPS) is 16.1. The lowest BCUT2D eigenvalue weighted by molar-refractivity contribution is 0.102. The van der Waals surface area contributed by atoms with Crippen LogP contribution in [0.15, 0.2) is 47.4 Å². The van der Waals surface area contributed by atoms with Gasteiger partial charge in [-0.05, 0) is 49.0 Å². The fraction of sp³-hybridized carbons (Fsp3) is 0.316. The lowest BCUT2D eigenvalue weighted by atomic mass is 10.2. The Balaban J connectivity index is 1.74. The van der Waals surface area contributed by atoms with E-state index in [0.717, 1.165) is 24.7 Å². The number of sulfonamides is 1. The minimum atomic E-state index is -3.81. The average Bonchev–Trinajstić information content (AvgIpc) is 2.70. The first kappa shape index (κ1) is 20.4. The molecule has 0 aliphatic carbocycles. The summed E-state index contributed by atoms with van der Waals surface area (Å²) in [5, 5.41) is 2.37. The van der Waals surface area contributed by atoms with Crippen LogP contribution >= 0.6 is 0 Å². The number of rotatable bonds is 5. The Morgan fingerprint density at radius 3 is 2.25 bits per heavy atom. The first-order chi connectivity index (χ1) is 13.3. The smallest absolute Gasteiger partial charge is 0.255 e. The molecule has 3 rings (SSSR count). The first-order valence-corrected chi connectivity index (χ1v) is 10.3. The van der Waals surface area contributed by atoms with Crippen LogP contribution in [0.2, 0.25) is 0 Å². The molecule has 2 aromatic rings. The highest BCUT2D eigenvalue weighted by Gasteiger charge is 2.28. The van der Waals surface area contributed by atoms with Gasteiger partial charge in [-0.15, -0.1) is 0 Å². The molecular formula is C19H21F2N3O3S. The Kier molecular flexibility index (Phi) is 6.07. The first-order valence-electron chi connectivity index (χ1n) is 8.90. The van der Waals surface area contributed by atoms with Crippen molar-refractivity contribution >= 4 is 21.6 Å². The van der Waals surface area contributed by atoms with Crippen LogP contribution in [-0.4, -0.2) is 56.3 Å². The fourth-order valence-electron chi connectivity index (χ4n) is 2.99. The number of nitrogens with one attached hydrogen (secondary N) is 1. The molecule has 1 N–H and O–H groups in total. The number of anilines is 1. The Bertz CT molecular complexity index is 957. The van der Waals surface area contributed by atoms with E-state index in [1.807, 2.05) is 6.92 Å². The lowest BCUT2D eigenvalue weighted by Gasteiger charge is -2.33. The molecule has 6 nitrogen and oxygen atoms in total. The van der Waals surface area contributed by atoms with Gasteiger partial charge in [0.1, 0.15) is 11.6 Å². The molecule has 1 amide bonds. The molecule has 2 aromatic carbocycles. The summed E-state index contributed by atoms with van der Waals surface area (Å²) in [5.41, 5.74) is 0.00960. The molecule has 0 bridgehead atoms. The van der Waals surface area contributed by atoms with Gasteiger partial charge in [0.05, 0.1) is 10.6 Å². The number of piperazine rings is 1. The van der Waals surface area contributed by atoms with E-state index in [1.54, 1.807) is 0 Å². The highest BCUT2D eigenvalue weighted by Crippen LogP contribution is 2.23. The van der Waals surface area contributed by atoms with E-state index in [0.29, 0.717) is 26.2 Å². The average molecular weight is 409 g/mol. The molecule has 0 atom stereocenters. The van der Waals surface area contributed by atoms with Gasteiger partial charge in [-0.1, -0.05) is 6.92 Å². The number of hydrogen-bond donors (Lipinski definition) is 1. The van der Waals surface area contributed by atoms with E-state index in [9.17, 15) is 22.0 Å². The van der Waals surface area contributed by atoms with Crippen molar-refractivity contribution in [2.45, 2.75) is 11.8 Å². The Labute approximate surface area is 162 Å². The molecule has 1 aliphatic rings. The summed E-state index contributed by atoms with van der Waals surface area (Å²) in [6.45, 7) is 4.82. The minimum Gasteiger partial charge on any atom is -0.319 e. The number of carbonyl (C=O) groups excluding carboxylic acids is 1. The van der Waals surface area contributed by atoms with Crippen molar-refractivity contribution in [2.24, 2.45) is 0 Å².